The van der Waals surface area contributed by atoms with Crippen molar-refractivity contribution in [2.75, 3.05) is 25.9 Å². The molecule has 1 aromatic rings. The van der Waals surface area contributed by atoms with Gasteiger partial charge in [0.05, 0.1) is 5.92 Å². The van der Waals surface area contributed by atoms with Crippen molar-refractivity contribution in [2.24, 2.45) is 5.92 Å². The van der Waals surface area contributed by atoms with Crippen molar-refractivity contribution in [1.29, 1.82) is 0 Å². The molecule has 1 unspecified atom stereocenters. The fourth-order valence-electron chi connectivity index (χ4n) is 2.50. The lowest BCUT2D eigenvalue weighted by molar-refractivity contribution is -0.125. The van der Waals surface area contributed by atoms with Crippen molar-refractivity contribution >= 4 is 21.7 Å². The highest BCUT2D eigenvalue weighted by atomic mass is 32.2. The van der Waals surface area contributed by atoms with E-state index in [1.54, 1.807) is 7.05 Å². The van der Waals surface area contributed by atoms with Gasteiger partial charge in [0.15, 0.2) is 5.82 Å². The van der Waals surface area contributed by atoms with Crippen molar-refractivity contribution < 1.29 is 13.2 Å². The number of nitrogens with one attached hydrogen (secondary N) is 1. The number of hydrogen-bond donors (Lipinski definition) is 2. The van der Waals surface area contributed by atoms with Gasteiger partial charge in [0, 0.05) is 32.9 Å². The summed E-state index contributed by atoms with van der Waals surface area (Å²) in [5.41, 5.74) is 5.71. The largest absolute Gasteiger partial charge is 0.381 e. The smallest absolute Gasteiger partial charge is 0.248 e. The molecule has 1 atom stereocenters. The van der Waals surface area contributed by atoms with Crippen LogP contribution in [0.4, 0.5) is 5.82 Å². The molecule has 0 spiro atoms. The van der Waals surface area contributed by atoms with Crippen LogP contribution in [-0.2, 0) is 21.4 Å². The van der Waals surface area contributed by atoms with Crippen LogP contribution in [0.15, 0.2) is 11.1 Å². The van der Waals surface area contributed by atoms with Gasteiger partial charge in [-0.15, -0.1) is 0 Å². The van der Waals surface area contributed by atoms with E-state index >= 15 is 0 Å². The third kappa shape index (κ3) is 3.03. The number of nitrogens with two attached hydrogens (primary N) is 1. The highest BCUT2D eigenvalue weighted by molar-refractivity contribution is 7.89. The minimum absolute atomic E-state index is 0.00100. The third-order valence-corrected chi connectivity index (χ3v) is 5.58. The lowest BCUT2D eigenvalue weighted by Gasteiger charge is -2.30. The van der Waals surface area contributed by atoms with Crippen LogP contribution in [-0.4, -0.2) is 48.5 Å². The van der Waals surface area contributed by atoms with E-state index in [1.165, 1.54) is 15.2 Å². The van der Waals surface area contributed by atoms with Crippen molar-refractivity contribution in [3.8, 4) is 0 Å². The van der Waals surface area contributed by atoms with Gasteiger partial charge in [-0.2, -0.15) is 9.40 Å². The van der Waals surface area contributed by atoms with E-state index in [1.807, 2.05) is 6.92 Å². The summed E-state index contributed by atoms with van der Waals surface area (Å²) in [5, 5.41) is 6.54. The van der Waals surface area contributed by atoms with E-state index in [9.17, 15) is 13.2 Å². The molecule has 0 aromatic carbocycles. The summed E-state index contributed by atoms with van der Waals surface area (Å²) in [7, 11) is -2.16. The summed E-state index contributed by atoms with van der Waals surface area (Å²) < 4.78 is 28.1. The number of nitrogen functional groups attached to an aromatic ring is 1. The van der Waals surface area contributed by atoms with E-state index < -0.39 is 10.0 Å². The Morgan fingerprint density at radius 1 is 1.57 bits per heavy atom. The van der Waals surface area contributed by atoms with E-state index in [-0.39, 0.29) is 29.1 Å². The summed E-state index contributed by atoms with van der Waals surface area (Å²) in [5.74, 6) is -0.452. The van der Waals surface area contributed by atoms with Crippen molar-refractivity contribution in [3.05, 3.63) is 6.20 Å². The zero-order valence-corrected chi connectivity index (χ0v) is 13.1. The van der Waals surface area contributed by atoms with E-state index in [0.29, 0.717) is 25.9 Å². The molecular weight excluding hydrogens is 294 g/mol. The van der Waals surface area contributed by atoms with Gasteiger partial charge in [-0.25, -0.2) is 8.42 Å². The molecular formula is C12H21N5O3S. The molecule has 1 amide bonds. The molecule has 1 aliphatic heterocycles. The normalized spacial score (nSPS) is 20.4. The standard InChI is InChI=1S/C12H21N5O3S/c1-3-16-8-10(11(13)15-16)21(19,20)17-6-4-5-9(7-17)12(18)14-2/h8-9H,3-7H2,1-2H3,(H2,13,15)(H,14,18). The van der Waals surface area contributed by atoms with Gasteiger partial charge >= 0.3 is 0 Å². The molecule has 0 aliphatic carbocycles. The molecule has 8 nitrogen and oxygen atoms in total. The van der Waals surface area contributed by atoms with Gasteiger partial charge in [0.2, 0.25) is 15.9 Å². The van der Waals surface area contributed by atoms with Crippen LogP contribution in [0.2, 0.25) is 0 Å². The molecule has 0 bridgehead atoms. The molecule has 1 fully saturated rings. The van der Waals surface area contributed by atoms with Crippen LogP contribution in [0.25, 0.3) is 0 Å². The highest BCUT2D eigenvalue weighted by Crippen LogP contribution is 2.26. The van der Waals surface area contributed by atoms with E-state index in [0.717, 1.165) is 0 Å². The Labute approximate surface area is 124 Å². The maximum absolute atomic E-state index is 12.7. The quantitative estimate of drug-likeness (QED) is 0.788. The molecule has 118 valence electrons. The second-order valence-corrected chi connectivity index (χ2v) is 6.96. The highest BCUT2D eigenvalue weighted by Gasteiger charge is 2.34. The van der Waals surface area contributed by atoms with Crippen LogP contribution in [0.3, 0.4) is 0 Å². The van der Waals surface area contributed by atoms with Crippen LogP contribution < -0.4 is 11.1 Å². The maximum Gasteiger partial charge on any atom is 0.248 e. The summed E-state index contributed by atoms with van der Waals surface area (Å²) in [4.78, 5) is 11.7. The Bertz CT molecular complexity index is 625. The fraction of sp³-hybridized carbons (Fsp3) is 0.667. The first-order valence-corrected chi connectivity index (χ1v) is 8.38. The number of anilines is 1. The monoisotopic (exact) mass is 315 g/mol. The summed E-state index contributed by atoms with van der Waals surface area (Å²) in [6, 6.07) is 0. The molecule has 1 aliphatic rings. The molecule has 2 rings (SSSR count). The minimum atomic E-state index is -3.71. The van der Waals surface area contributed by atoms with Gasteiger partial charge in [-0.1, -0.05) is 0 Å². The molecule has 3 N–H and O–H groups in total. The van der Waals surface area contributed by atoms with E-state index in [2.05, 4.69) is 10.4 Å². The second kappa shape index (κ2) is 6.02. The van der Waals surface area contributed by atoms with Crippen molar-refractivity contribution in [1.82, 2.24) is 19.4 Å². The minimum Gasteiger partial charge on any atom is -0.381 e. The Morgan fingerprint density at radius 3 is 2.86 bits per heavy atom. The Kier molecular flexibility index (Phi) is 4.52. The number of aromatic nitrogens is 2. The predicted octanol–water partition coefficient (Wildman–Crippen LogP) is -0.368. The fourth-order valence-corrected chi connectivity index (χ4v) is 4.08. The number of aryl methyl sites for hydroxylation is 1. The number of amides is 1. The van der Waals surface area contributed by atoms with E-state index in [4.69, 9.17) is 5.73 Å². The zero-order valence-electron chi connectivity index (χ0n) is 12.2. The number of hydrogen-bond acceptors (Lipinski definition) is 5. The summed E-state index contributed by atoms with van der Waals surface area (Å²) >= 11 is 0. The Balaban J connectivity index is 2.26. The Hall–Kier alpha value is -1.61. The molecule has 0 radical (unpaired) electrons. The first-order chi connectivity index (χ1) is 9.90. The number of rotatable bonds is 4. The second-order valence-electron chi connectivity index (χ2n) is 5.05. The van der Waals surface area contributed by atoms with Gasteiger partial charge in [-0.05, 0) is 19.8 Å². The number of carbonyl (C=O) groups is 1. The molecule has 2 heterocycles. The van der Waals surface area contributed by atoms with Crippen molar-refractivity contribution in [2.45, 2.75) is 31.2 Å². The number of carbonyl (C=O) groups excluding carboxylic acids is 1. The first-order valence-electron chi connectivity index (χ1n) is 6.94. The average Bonchev–Trinajstić information content (AvgIpc) is 2.88. The zero-order chi connectivity index (χ0) is 15.6. The van der Waals surface area contributed by atoms with Crippen LogP contribution in [0.5, 0.6) is 0 Å². The lowest BCUT2D eigenvalue weighted by Crippen LogP contribution is -2.44. The Morgan fingerprint density at radius 2 is 2.29 bits per heavy atom. The molecule has 1 saturated heterocycles. The van der Waals surface area contributed by atoms with Gasteiger partial charge < -0.3 is 11.1 Å². The van der Waals surface area contributed by atoms with Gasteiger partial charge in [0.25, 0.3) is 0 Å². The van der Waals surface area contributed by atoms with Crippen LogP contribution in [0, 0.1) is 5.92 Å². The SMILES string of the molecule is CCn1cc(S(=O)(=O)N2CCCC(C(=O)NC)C2)c(N)n1. The topological polar surface area (TPSA) is 110 Å². The van der Waals surface area contributed by atoms with Gasteiger partial charge in [-0.3, -0.25) is 9.48 Å². The van der Waals surface area contributed by atoms with Crippen LogP contribution in [0.1, 0.15) is 19.8 Å². The summed E-state index contributed by atoms with van der Waals surface area (Å²) in [6.45, 7) is 2.97. The summed E-state index contributed by atoms with van der Waals surface area (Å²) in [6.07, 6.45) is 2.78. The molecule has 0 saturated carbocycles. The predicted molar refractivity (Wildman–Crippen MR) is 77.9 cm³/mol. The number of piperidine rings is 1. The molecule has 9 heteroatoms. The maximum atomic E-state index is 12.7. The van der Waals surface area contributed by atoms with Crippen molar-refractivity contribution in [3.63, 3.8) is 0 Å². The third-order valence-electron chi connectivity index (χ3n) is 3.70. The molecule has 1 aromatic heterocycles. The molecule has 21 heavy (non-hydrogen) atoms. The van der Waals surface area contributed by atoms with Crippen LogP contribution >= 0.6 is 0 Å². The number of sulfonamides is 1. The number of nitrogens with zero attached hydrogens (tertiary/aromatic N) is 3. The average molecular weight is 315 g/mol. The lowest BCUT2D eigenvalue weighted by atomic mass is 9.99. The first kappa shape index (κ1) is 15.8. The van der Waals surface area contributed by atoms with Gasteiger partial charge in [0.1, 0.15) is 4.90 Å².